The molecule has 2 atom stereocenters. The first-order valence-corrected chi connectivity index (χ1v) is 10.1. The zero-order valence-corrected chi connectivity index (χ0v) is 18.4. The molecule has 0 spiro atoms. The quantitative estimate of drug-likeness (QED) is 0.472. The van der Waals surface area contributed by atoms with Gasteiger partial charge in [-0.05, 0) is 92.9 Å². The first-order chi connectivity index (χ1) is 9.36. The third kappa shape index (κ3) is 3.73. The van der Waals surface area contributed by atoms with Gasteiger partial charge in [0, 0.05) is 21.4 Å². The molecule has 0 aromatic heterocycles. The molecule has 1 N–H and O–H groups in total. The third-order valence-corrected chi connectivity index (χ3v) is 6.27. The highest BCUT2D eigenvalue weighted by Crippen LogP contribution is 2.44. The molecule has 0 aliphatic heterocycles. The minimum absolute atomic E-state index is 0.199. The molecule has 1 aliphatic carbocycles. The van der Waals surface area contributed by atoms with Crippen LogP contribution in [-0.2, 0) is 0 Å². The summed E-state index contributed by atoms with van der Waals surface area (Å²) in [6.07, 6.45) is 2.59. The van der Waals surface area contributed by atoms with Crippen LogP contribution in [0.5, 0.6) is 5.75 Å². The molecule has 2 nitrogen and oxygen atoms in total. The van der Waals surface area contributed by atoms with Gasteiger partial charge in [-0.2, -0.15) is 0 Å². The Kier molecular flexibility index (Phi) is 6.28. The summed E-state index contributed by atoms with van der Waals surface area (Å²) < 4.78 is 10.0. The molecular formula is C15H20I3NO. The largest absolute Gasteiger partial charge is 0.488 e. The summed E-state index contributed by atoms with van der Waals surface area (Å²) >= 11 is 7.10. The van der Waals surface area contributed by atoms with Crippen LogP contribution in [0.25, 0.3) is 0 Å². The molecule has 1 saturated carbocycles. The van der Waals surface area contributed by atoms with Crippen LogP contribution in [0.3, 0.4) is 0 Å². The third-order valence-electron chi connectivity index (χ3n) is 4.04. The summed E-state index contributed by atoms with van der Waals surface area (Å²) in [5, 5.41) is 3.63. The molecule has 1 aromatic rings. The predicted molar refractivity (Wildman–Crippen MR) is 109 cm³/mol. The summed E-state index contributed by atoms with van der Waals surface area (Å²) in [4.78, 5) is 0. The minimum Gasteiger partial charge on any atom is -0.488 e. The first kappa shape index (κ1) is 17.5. The van der Waals surface area contributed by atoms with E-state index >= 15 is 0 Å². The lowest BCUT2D eigenvalue weighted by Gasteiger charge is -2.52. The van der Waals surface area contributed by atoms with Gasteiger partial charge in [-0.1, -0.05) is 20.8 Å². The van der Waals surface area contributed by atoms with Crippen molar-refractivity contribution in [2.45, 2.75) is 45.8 Å². The lowest BCUT2D eigenvalue weighted by molar-refractivity contribution is -0.0554. The SMILES string of the molecule is CCCNC1CC(Oc2c(I)cc(I)cc2I)C1(C)C. The van der Waals surface area contributed by atoms with Crippen molar-refractivity contribution < 1.29 is 4.74 Å². The van der Waals surface area contributed by atoms with E-state index in [2.05, 4.69) is 106 Å². The molecular weight excluding hydrogens is 591 g/mol. The smallest absolute Gasteiger partial charge is 0.146 e. The van der Waals surface area contributed by atoms with E-state index in [1.54, 1.807) is 0 Å². The van der Waals surface area contributed by atoms with Gasteiger partial charge < -0.3 is 10.1 Å². The van der Waals surface area contributed by atoms with Crippen LogP contribution in [-0.4, -0.2) is 18.7 Å². The molecule has 1 aromatic carbocycles. The second-order valence-corrected chi connectivity index (χ2v) is 9.44. The van der Waals surface area contributed by atoms with E-state index in [4.69, 9.17) is 4.74 Å². The highest BCUT2D eigenvalue weighted by molar-refractivity contribution is 14.1. The van der Waals surface area contributed by atoms with Gasteiger partial charge in [0.25, 0.3) is 0 Å². The van der Waals surface area contributed by atoms with Gasteiger partial charge in [-0.3, -0.25) is 0 Å². The Hall–Kier alpha value is 1.17. The van der Waals surface area contributed by atoms with Gasteiger partial charge in [0.15, 0.2) is 0 Å². The van der Waals surface area contributed by atoms with Crippen molar-refractivity contribution in [3.8, 4) is 5.75 Å². The van der Waals surface area contributed by atoms with Crippen LogP contribution >= 0.6 is 67.8 Å². The van der Waals surface area contributed by atoms with Gasteiger partial charge in [0.05, 0.1) is 7.14 Å². The number of nitrogens with one attached hydrogen (secondary N) is 1. The second-order valence-electron chi connectivity index (χ2n) is 5.87. The van der Waals surface area contributed by atoms with E-state index in [9.17, 15) is 0 Å². The fourth-order valence-electron chi connectivity index (χ4n) is 2.53. The highest BCUT2D eigenvalue weighted by atomic mass is 127. The van der Waals surface area contributed by atoms with E-state index in [0.29, 0.717) is 12.1 Å². The monoisotopic (exact) mass is 611 g/mol. The van der Waals surface area contributed by atoms with Gasteiger partial charge in [0.1, 0.15) is 11.9 Å². The highest BCUT2D eigenvalue weighted by Gasteiger charge is 2.49. The van der Waals surface area contributed by atoms with Crippen LogP contribution in [0.1, 0.15) is 33.6 Å². The Morgan fingerprint density at radius 2 is 1.85 bits per heavy atom. The van der Waals surface area contributed by atoms with Crippen molar-refractivity contribution >= 4 is 67.8 Å². The van der Waals surface area contributed by atoms with Gasteiger partial charge in [0.2, 0.25) is 0 Å². The normalized spacial score (nSPS) is 24.3. The van der Waals surface area contributed by atoms with Crippen LogP contribution in [0.2, 0.25) is 0 Å². The number of halogens is 3. The van der Waals surface area contributed by atoms with Crippen LogP contribution in [0.15, 0.2) is 12.1 Å². The molecule has 0 bridgehead atoms. The summed E-state index contributed by atoms with van der Waals surface area (Å²) in [5.41, 5.74) is 0.199. The van der Waals surface area contributed by atoms with E-state index in [-0.39, 0.29) is 5.41 Å². The summed E-state index contributed by atoms with van der Waals surface area (Å²) in [7, 11) is 0. The molecule has 0 heterocycles. The average Bonchev–Trinajstić information content (AvgIpc) is 2.35. The van der Waals surface area contributed by atoms with Crippen molar-refractivity contribution in [3.63, 3.8) is 0 Å². The van der Waals surface area contributed by atoms with E-state index < -0.39 is 0 Å². The van der Waals surface area contributed by atoms with E-state index in [1.165, 1.54) is 17.1 Å². The average molecular weight is 611 g/mol. The molecule has 112 valence electrons. The predicted octanol–water partition coefficient (Wildman–Crippen LogP) is 5.05. The standard InChI is InChI=1S/C15H20I3NO/c1-4-5-19-12-8-13(15(12,2)3)20-14-10(17)6-9(16)7-11(14)18/h6-7,12-13,19H,4-5,8H2,1-3H3. The van der Waals surface area contributed by atoms with Crippen molar-refractivity contribution in [3.05, 3.63) is 22.8 Å². The van der Waals surface area contributed by atoms with E-state index in [0.717, 1.165) is 18.7 Å². The molecule has 0 amide bonds. The summed E-state index contributed by atoms with van der Waals surface area (Å²) in [5.74, 6) is 1.05. The Morgan fingerprint density at radius 1 is 1.25 bits per heavy atom. The molecule has 2 unspecified atom stereocenters. The fraction of sp³-hybridized carbons (Fsp3) is 0.600. The minimum atomic E-state index is 0.199. The maximum Gasteiger partial charge on any atom is 0.146 e. The maximum atomic E-state index is 6.33. The van der Waals surface area contributed by atoms with Crippen LogP contribution in [0.4, 0.5) is 0 Å². The molecule has 0 radical (unpaired) electrons. The van der Waals surface area contributed by atoms with Gasteiger partial charge in [-0.15, -0.1) is 0 Å². The zero-order valence-electron chi connectivity index (χ0n) is 12.0. The number of rotatable bonds is 5. The fourth-order valence-corrected chi connectivity index (χ4v) is 6.37. The van der Waals surface area contributed by atoms with Crippen LogP contribution < -0.4 is 10.1 Å². The summed E-state index contributed by atoms with van der Waals surface area (Å²) in [6, 6.07) is 4.93. The molecule has 0 saturated heterocycles. The molecule has 5 heteroatoms. The maximum absolute atomic E-state index is 6.33. The van der Waals surface area contributed by atoms with Gasteiger partial charge in [-0.25, -0.2) is 0 Å². The van der Waals surface area contributed by atoms with Gasteiger partial charge >= 0.3 is 0 Å². The second kappa shape index (κ2) is 7.16. The van der Waals surface area contributed by atoms with Crippen molar-refractivity contribution in [2.24, 2.45) is 5.41 Å². The van der Waals surface area contributed by atoms with Crippen molar-refractivity contribution in [2.75, 3.05) is 6.54 Å². The Bertz CT molecular complexity index is 467. The lowest BCUT2D eigenvalue weighted by Crippen LogP contribution is -2.62. The first-order valence-electron chi connectivity index (χ1n) is 6.90. The molecule has 1 fully saturated rings. The zero-order chi connectivity index (χ0) is 14.9. The van der Waals surface area contributed by atoms with Crippen molar-refractivity contribution in [1.29, 1.82) is 0 Å². The molecule has 1 aliphatic rings. The topological polar surface area (TPSA) is 21.3 Å². The number of benzene rings is 1. The number of hydrogen-bond acceptors (Lipinski definition) is 2. The lowest BCUT2D eigenvalue weighted by atomic mass is 9.64. The molecule has 20 heavy (non-hydrogen) atoms. The number of ether oxygens (including phenoxy) is 1. The van der Waals surface area contributed by atoms with Crippen LogP contribution in [0, 0.1) is 16.1 Å². The van der Waals surface area contributed by atoms with Crippen molar-refractivity contribution in [1.82, 2.24) is 5.32 Å². The number of hydrogen-bond donors (Lipinski definition) is 1. The molecule has 2 rings (SSSR count). The van der Waals surface area contributed by atoms with E-state index in [1.807, 2.05) is 0 Å². The Morgan fingerprint density at radius 3 is 2.35 bits per heavy atom. The summed E-state index contributed by atoms with van der Waals surface area (Å²) in [6.45, 7) is 7.92. The Labute approximate surface area is 162 Å². The Balaban J connectivity index is 2.06.